The third-order valence-electron chi connectivity index (χ3n) is 5.08. The number of rotatable bonds is 10. The van der Waals surface area contributed by atoms with Crippen LogP contribution in [0.3, 0.4) is 0 Å². The van der Waals surface area contributed by atoms with Gasteiger partial charge in [-0.25, -0.2) is 9.36 Å². The molecule has 1 saturated heterocycles. The lowest BCUT2D eigenvalue weighted by molar-refractivity contribution is -0.149. The van der Waals surface area contributed by atoms with Crippen LogP contribution in [0.4, 0.5) is 0 Å². The molecule has 0 spiro atoms. The second-order valence-corrected chi connectivity index (χ2v) is 10.1. The Labute approximate surface area is 207 Å². The van der Waals surface area contributed by atoms with E-state index in [0.717, 1.165) is 16.8 Å². The van der Waals surface area contributed by atoms with Crippen LogP contribution in [-0.4, -0.2) is 51.1 Å². The Morgan fingerprint density at radius 2 is 2.03 bits per heavy atom. The molecule has 1 aliphatic heterocycles. The van der Waals surface area contributed by atoms with Crippen molar-refractivity contribution in [3.8, 4) is 18.1 Å². The fraction of sp³-hybridized carbons (Fsp3) is 0.435. The minimum Gasteiger partial charge on any atom is -0.462 e. The zero-order valence-corrected chi connectivity index (χ0v) is 20.8. The van der Waals surface area contributed by atoms with Crippen molar-refractivity contribution in [3.05, 3.63) is 63.4 Å². The lowest BCUT2D eigenvalue weighted by Gasteiger charge is -2.24. The van der Waals surface area contributed by atoms with Gasteiger partial charge in [-0.3, -0.25) is 23.7 Å². The molecule has 194 valence electrons. The van der Waals surface area contributed by atoms with Gasteiger partial charge in [0.1, 0.15) is 11.8 Å². The predicted molar refractivity (Wildman–Crippen MR) is 128 cm³/mol. The number of aromatic nitrogens is 2. The third kappa shape index (κ3) is 6.72. The van der Waals surface area contributed by atoms with Crippen molar-refractivity contribution in [2.45, 2.75) is 57.3 Å². The van der Waals surface area contributed by atoms with Gasteiger partial charge < -0.3 is 19.1 Å². The number of aliphatic hydroxyl groups is 1. The molecule has 2 heterocycles. The van der Waals surface area contributed by atoms with Gasteiger partial charge in [0.2, 0.25) is 0 Å². The maximum Gasteiger partial charge on any atom is 0.459 e. The summed E-state index contributed by atoms with van der Waals surface area (Å²) in [5.41, 5.74) is -3.39. The highest BCUT2D eigenvalue weighted by Gasteiger charge is 2.49. The first-order valence-electron chi connectivity index (χ1n) is 11.1. The molecule has 0 aliphatic carbocycles. The van der Waals surface area contributed by atoms with E-state index in [1.54, 1.807) is 44.2 Å². The van der Waals surface area contributed by atoms with Gasteiger partial charge in [0.25, 0.3) is 5.56 Å². The van der Waals surface area contributed by atoms with Crippen molar-refractivity contribution in [2.75, 3.05) is 6.61 Å². The SMILES string of the molecule is C#C[C@@]1(O)CC(COP(=O)(N[C@@H](C)C(=O)OC(C)C)Oc2ccccc2)O[C@H]1n1ccc(=O)[nH]c1=O. The number of benzene rings is 1. The number of aromatic amines is 1. The van der Waals surface area contributed by atoms with Crippen LogP contribution in [0.25, 0.3) is 0 Å². The first-order chi connectivity index (χ1) is 16.9. The average molecular weight is 521 g/mol. The number of terminal acetylenes is 1. The Balaban J connectivity index is 1.78. The van der Waals surface area contributed by atoms with E-state index in [9.17, 15) is 24.1 Å². The molecule has 1 fully saturated rings. The molecule has 1 aromatic carbocycles. The number of nitrogens with one attached hydrogen (secondary N) is 2. The van der Waals surface area contributed by atoms with Gasteiger partial charge in [-0.1, -0.05) is 24.1 Å². The van der Waals surface area contributed by atoms with Crippen LogP contribution in [0.15, 0.2) is 52.2 Å². The van der Waals surface area contributed by atoms with Crippen molar-refractivity contribution in [2.24, 2.45) is 0 Å². The van der Waals surface area contributed by atoms with Crippen LogP contribution in [0, 0.1) is 12.3 Å². The Kier molecular flexibility index (Phi) is 8.55. The maximum absolute atomic E-state index is 13.6. The van der Waals surface area contributed by atoms with E-state index in [-0.39, 0.29) is 18.8 Å². The fourth-order valence-electron chi connectivity index (χ4n) is 3.44. The van der Waals surface area contributed by atoms with Crippen LogP contribution >= 0.6 is 7.75 Å². The summed E-state index contributed by atoms with van der Waals surface area (Å²) < 4.78 is 36.6. The molecule has 2 unspecified atom stereocenters. The molecule has 2 aromatic rings. The lowest BCUT2D eigenvalue weighted by Crippen LogP contribution is -2.41. The number of ether oxygens (including phenoxy) is 2. The molecule has 1 aliphatic rings. The molecule has 0 saturated carbocycles. The Hall–Kier alpha value is -3.20. The van der Waals surface area contributed by atoms with Crippen LogP contribution < -0.4 is 20.9 Å². The van der Waals surface area contributed by atoms with E-state index in [4.69, 9.17) is 24.9 Å². The molecule has 1 aromatic heterocycles. The Morgan fingerprint density at radius 1 is 1.33 bits per heavy atom. The second-order valence-electron chi connectivity index (χ2n) is 8.43. The summed E-state index contributed by atoms with van der Waals surface area (Å²) in [7, 11) is -4.19. The van der Waals surface area contributed by atoms with Gasteiger partial charge in [-0.2, -0.15) is 5.09 Å². The second kappa shape index (κ2) is 11.2. The summed E-state index contributed by atoms with van der Waals surface area (Å²) in [6, 6.07) is 8.19. The number of carbonyl (C=O) groups is 1. The van der Waals surface area contributed by atoms with E-state index in [1.807, 2.05) is 0 Å². The molecule has 0 bridgehead atoms. The summed E-state index contributed by atoms with van der Waals surface area (Å²) in [6.07, 6.45) is 3.81. The maximum atomic E-state index is 13.6. The molecule has 13 heteroatoms. The summed E-state index contributed by atoms with van der Waals surface area (Å²) in [5, 5.41) is 13.4. The molecule has 5 atom stereocenters. The highest BCUT2D eigenvalue weighted by Crippen LogP contribution is 2.46. The van der Waals surface area contributed by atoms with E-state index >= 15 is 0 Å². The smallest absolute Gasteiger partial charge is 0.459 e. The number of hydrogen-bond acceptors (Lipinski definition) is 9. The fourth-order valence-corrected chi connectivity index (χ4v) is 4.96. The molecule has 0 radical (unpaired) electrons. The number of esters is 1. The van der Waals surface area contributed by atoms with Crippen LogP contribution in [0.2, 0.25) is 0 Å². The summed E-state index contributed by atoms with van der Waals surface area (Å²) >= 11 is 0. The third-order valence-corrected chi connectivity index (χ3v) is 6.72. The monoisotopic (exact) mass is 521 g/mol. The highest BCUT2D eigenvalue weighted by molar-refractivity contribution is 7.52. The van der Waals surface area contributed by atoms with E-state index in [0.29, 0.717) is 0 Å². The molecule has 3 N–H and O–H groups in total. The van der Waals surface area contributed by atoms with Gasteiger partial charge in [0.15, 0.2) is 11.8 Å². The average Bonchev–Trinajstić information content (AvgIpc) is 3.15. The minimum atomic E-state index is -4.19. The first kappa shape index (κ1) is 27.4. The largest absolute Gasteiger partial charge is 0.462 e. The zero-order valence-electron chi connectivity index (χ0n) is 20.0. The summed E-state index contributed by atoms with van der Waals surface area (Å²) in [4.78, 5) is 37.9. The highest BCUT2D eigenvalue weighted by atomic mass is 31.2. The van der Waals surface area contributed by atoms with E-state index in [1.165, 1.54) is 6.92 Å². The topological polar surface area (TPSA) is 158 Å². The van der Waals surface area contributed by atoms with Crippen molar-refractivity contribution >= 4 is 13.7 Å². The molecule has 0 amide bonds. The van der Waals surface area contributed by atoms with Crippen LogP contribution in [-0.2, 0) is 23.4 Å². The normalized spacial score (nSPS) is 24.0. The van der Waals surface area contributed by atoms with Crippen molar-refractivity contribution in [1.29, 1.82) is 0 Å². The predicted octanol–water partition coefficient (Wildman–Crippen LogP) is 1.32. The Morgan fingerprint density at radius 3 is 2.64 bits per heavy atom. The molecular weight excluding hydrogens is 493 g/mol. The number of nitrogens with zero attached hydrogens (tertiary/aromatic N) is 1. The van der Waals surface area contributed by atoms with Crippen LogP contribution in [0.1, 0.15) is 33.4 Å². The van der Waals surface area contributed by atoms with E-state index in [2.05, 4.69) is 16.0 Å². The molecule has 36 heavy (non-hydrogen) atoms. The van der Waals surface area contributed by atoms with Gasteiger partial charge in [-0.15, -0.1) is 6.42 Å². The number of H-pyrrole nitrogens is 1. The van der Waals surface area contributed by atoms with Crippen molar-refractivity contribution < 1.29 is 33.0 Å². The van der Waals surface area contributed by atoms with Crippen molar-refractivity contribution in [1.82, 2.24) is 14.6 Å². The van der Waals surface area contributed by atoms with Gasteiger partial charge >= 0.3 is 19.4 Å². The lowest BCUT2D eigenvalue weighted by atomic mass is 9.99. The Bertz CT molecular complexity index is 1270. The molecular formula is C23H28N3O9P. The minimum absolute atomic E-state index is 0.185. The quantitative estimate of drug-likeness (QED) is 0.237. The molecule has 3 rings (SSSR count). The zero-order chi connectivity index (χ0) is 26.5. The first-order valence-corrected chi connectivity index (χ1v) is 12.6. The van der Waals surface area contributed by atoms with E-state index < -0.39 is 55.0 Å². The van der Waals surface area contributed by atoms with Gasteiger partial charge in [-0.05, 0) is 32.9 Å². The van der Waals surface area contributed by atoms with Gasteiger partial charge in [0, 0.05) is 18.7 Å². The summed E-state index contributed by atoms with van der Waals surface area (Å²) in [5.74, 6) is 1.76. The number of para-hydroxylation sites is 1. The van der Waals surface area contributed by atoms with Gasteiger partial charge in [0.05, 0.1) is 18.8 Å². The number of carbonyl (C=O) groups excluding carboxylic acids is 1. The standard InChI is InChI=1S/C23H28N3O9P/c1-5-23(30)13-18(34-21(23)26-12-11-19(27)24-22(26)29)14-32-36(31,35-17-9-7-6-8-10-17)25-16(4)20(28)33-15(2)3/h1,6-12,15-16,18,21,30H,13-14H2,2-4H3,(H,25,31)(H,24,27,29)/t16-,18?,21+,23+,36?/m0/s1. The number of hydrogen-bond donors (Lipinski definition) is 3. The molecule has 12 nitrogen and oxygen atoms in total. The summed E-state index contributed by atoms with van der Waals surface area (Å²) in [6.45, 7) is 4.41. The van der Waals surface area contributed by atoms with Crippen LogP contribution in [0.5, 0.6) is 5.75 Å². The van der Waals surface area contributed by atoms with Crippen molar-refractivity contribution in [3.63, 3.8) is 0 Å².